The van der Waals surface area contributed by atoms with E-state index >= 15 is 0 Å². The summed E-state index contributed by atoms with van der Waals surface area (Å²) < 4.78 is 34.8. The summed E-state index contributed by atoms with van der Waals surface area (Å²) in [6.45, 7) is -0.760. The van der Waals surface area contributed by atoms with Crippen LogP contribution in [0.5, 0.6) is 5.75 Å². The maximum absolute atomic E-state index is 14.7. The molecule has 4 aromatic carbocycles. The van der Waals surface area contributed by atoms with Gasteiger partial charge in [-0.3, -0.25) is 13.9 Å². The Balaban J connectivity index is 1.58. The predicted octanol–water partition coefficient (Wildman–Crippen LogP) is 7.94. The average Bonchev–Trinajstić information content (AvgIpc) is 3.11. The Hall–Kier alpha value is -3.76. The van der Waals surface area contributed by atoms with E-state index in [0.717, 1.165) is 42.0 Å². The number of anilines is 1. The molecule has 1 atom stereocenters. The van der Waals surface area contributed by atoms with Crippen molar-refractivity contribution in [2.24, 2.45) is 0 Å². The smallest absolute Gasteiger partial charge is 0.264 e. The van der Waals surface area contributed by atoms with Gasteiger partial charge in [0.15, 0.2) is 0 Å². The molecule has 1 saturated carbocycles. The van der Waals surface area contributed by atoms with Crippen LogP contribution in [0.15, 0.2) is 102 Å². The highest BCUT2D eigenvalue weighted by Crippen LogP contribution is 2.30. The molecule has 0 aliphatic heterocycles. The predicted molar refractivity (Wildman–Crippen MR) is 195 cm³/mol. The highest BCUT2D eigenvalue weighted by atomic mass is 35.5. The van der Waals surface area contributed by atoms with Crippen molar-refractivity contribution in [3.63, 3.8) is 0 Å². The Kier molecular flexibility index (Phi) is 12.5. The number of ether oxygens (including phenoxy) is 1. The molecule has 0 aromatic heterocycles. The van der Waals surface area contributed by atoms with Crippen molar-refractivity contribution in [3.05, 3.63) is 123 Å². The fourth-order valence-electron chi connectivity index (χ4n) is 5.96. The van der Waals surface area contributed by atoms with Gasteiger partial charge in [0.05, 0.1) is 17.7 Å². The second-order valence-corrected chi connectivity index (χ2v) is 15.0. The first kappa shape index (κ1) is 36.5. The standard InChI is InChI=1S/C37H38Cl3N3O5S/c1-48-30-19-21-31(22-20-30)49(46,47)43(29-17-15-27(38)16-18-29)25-36(44)42(24-32-33(39)13-8-14-34(32)40)35(23-26-9-4-2-5-10-26)37(45)41-28-11-6-3-7-12-28/h2,4-5,8-10,13-22,28,35H,3,6-7,11-12,23-25H2,1H3,(H,41,45)/t35-/m0/s1. The molecule has 258 valence electrons. The van der Waals surface area contributed by atoms with Crippen LogP contribution in [0.2, 0.25) is 15.1 Å². The van der Waals surface area contributed by atoms with Crippen molar-refractivity contribution in [2.45, 2.75) is 62.0 Å². The van der Waals surface area contributed by atoms with E-state index in [0.29, 0.717) is 26.4 Å². The third kappa shape index (κ3) is 9.28. The van der Waals surface area contributed by atoms with Crippen molar-refractivity contribution in [3.8, 4) is 5.75 Å². The van der Waals surface area contributed by atoms with Crippen molar-refractivity contribution < 1.29 is 22.7 Å². The van der Waals surface area contributed by atoms with Gasteiger partial charge in [0.2, 0.25) is 11.8 Å². The van der Waals surface area contributed by atoms with Crippen LogP contribution in [0.3, 0.4) is 0 Å². The van der Waals surface area contributed by atoms with E-state index in [-0.39, 0.29) is 35.5 Å². The molecule has 0 spiro atoms. The number of amides is 2. The molecule has 12 heteroatoms. The van der Waals surface area contributed by atoms with E-state index in [4.69, 9.17) is 39.5 Å². The monoisotopic (exact) mass is 741 g/mol. The van der Waals surface area contributed by atoms with E-state index in [1.807, 2.05) is 30.3 Å². The van der Waals surface area contributed by atoms with Crippen LogP contribution in [0.4, 0.5) is 5.69 Å². The van der Waals surface area contributed by atoms with Crippen LogP contribution in [0.25, 0.3) is 0 Å². The van der Waals surface area contributed by atoms with Gasteiger partial charge < -0.3 is 15.0 Å². The minimum atomic E-state index is -4.30. The van der Waals surface area contributed by atoms with E-state index < -0.39 is 28.5 Å². The van der Waals surface area contributed by atoms with Crippen molar-refractivity contribution >= 4 is 62.3 Å². The van der Waals surface area contributed by atoms with Gasteiger partial charge in [0.1, 0.15) is 18.3 Å². The molecular formula is C37H38Cl3N3O5S. The fourth-order valence-corrected chi connectivity index (χ4v) is 8.02. The Morgan fingerprint density at radius 1 is 0.837 bits per heavy atom. The van der Waals surface area contributed by atoms with E-state index in [2.05, 4.69) is 5.32 Å². The number of halogens is 3. The molecule has 8 nitrogen and oxygen atoms in total. The van der Waals surface area contributed by atoms with Crippen LogP contribution >= 0.6 is 34.8 Å². The molecule has 2 amide bonds. The maximum atomic E-state index is 14.7. The summed E-state index contributed by atoms with van der Waals surface area (Å²) in [5, 5.41) is 4.22. The summed E-state index contributed by atoms with van der Waals surface area (Å²) in [5.74, 6) is -0.477. The van der Waals surface area contributed by atoms with E-state index in [1.54, 1.807) is 30.3 Å². The molecule has 0 radical (unpaired) electrons. The molecule has 1 aliphatic rings. The Morgan fingerprint density at radius 3 is 2.08 bits per heavy atom. The minimum absolute atomic E-state index is 0.0265. The Bertz CT molecular complexity index is 1820. The maximum Gasteiger partial charge on any atom is 0.264 e. The Labute approximate surface area is 303 Å². The van der Waals surface area contributed by atoms with Crippen LogP contribution < -0.4 is 14.4 Å². The van der Waals surface area contributed by atoms with Gasteiger partial charge in [-0.1, -0.05) is 90.5 Å². The number of methoxy groups -OCH3 is 1. The number of hydrogen-bond donors (Lipinski definition) is 1. The molecule has 1 fully saturated rings. The van der Waals surface area contributed by atoms with Crippen LogP contribution in [0.1, 0.15) is 43.2 Å². The number of carbonyl (C=O) groups excluding carboxylic acids is 2. The van der Waals surface area contributed by atoms with Crippen LogP contribution in [-0.2, 0) is 32.6 Å². The molecule has 1 N–H and O–H groups in total. The molecule has 0 saturated heterocycles. The number of hydrogen-bond acceptors (Lipinski definition) is 5. The molecular weight excluding hydrogens is 705 g/mol. The number of benzene rings is 4. The van der Waals surface area contributed by atoms with E-state index in [1.165, 1.54) is 48.4 Å². The molecule has 4 aromatic rings. The third-order valence-corrected chi connectivity index (χ3v) is 11.4. The summed E-state index contributed by atoms with van der Waals surface area (Å²) >= 11 is 19.4. The first-order valence-corrected chi connectivity index (χ1v) is 18.6. The van der Waals surface area contributed by atoms with Crippen molar-refractivity contribution in [1.29, 1.82) is 0 Å². The normalized spacial score (nSPS) is 14.1. The number of carbonyl (C=O) groups is 2. The van der Waals surface area contributed by atoms with Crippen molar-refractivity contribution in [2.75, 3.05) is 18.0 Å². The summed E-state index contributed by atoms with van der Waals surface area (Å²) in [4.78, 5) is 30.3. The van der Waals surface area contributed by atoms with Gasteiger partial charge in [-0.2, -0.15) is 0 Å². The summed E-state index contributed by atoms with van der Waals surface area (Å²) in [5.41, 5.74) is 1.49. The van der Waals surface area contributed by atoms with Gasteiger partial charge in [-0.25, -0.2) is 8.42 Å². The van der Waals surface area contributed by atoms with Gasteiger partial charge >= 0.3 is 0 Å². The summed E-state index contributed by atoms with van der Waals surface area (Å²) in [6.07, 6.45) is 4.99. The fraction of sp³-hybridized carbons (Fsp3) is 0.297. The minimum Gasteiger partial charge on any atom is -0.497 e. The lowest BCUT2D eigenvalue weighted by molar-refractivity contribution is -0.140. The van der Waals surface area contributed by atoms with Gasteiger partial charge in [-0.15, -0.1) is 0 Å². The Morgan fingerprint density at radius 2 is 1.47 bits per heavy atom. The third-order valence-electron chi connectivity index (χ3n) is 8.65. The molecule has 0 unspecified atom stereocenters. The largest absolute Gasteiger partial charge is 0.497 e. The second-order valence-electron chi connectivity index (χ2n) is 11.9. The van der Waals surface area contributed by atoms with Crippen molar-refractivity contribution in [1.82, 2.24) is 10.2 Å². The van der Waals surface area contributed by atoms with Gasteiger partial charge in [-0.05, 0) is 79.1 Å². The molecule has 0 bridgehead atoms. The number of sulfonamides is 1. The molecule has 5 rings (SSSR count). The van der Waals surface area contributed by atoms with Gasteiger partial charge in [0.25, 0.3) is 10.0 Å². The highest BCUT2D eigenvalue weighted by molar-refractivity contribution is 7.92. The quantitative estimate of drug-likeness (QED) is 0.150. The van der Waals surface area contributed by atoms with Crippen LogP contribution in [-0.4, -0.2) is 50.9 Å². The zero-order valence-electron chi connectivity index (χ0n) is 27.0. The van der Waals surface area contributed by atoms with E-state index in [9.17, 15) is 18.0 Å². The lowest BCUT2D eigenvalue weighted by Crippen LogP contribution is -2.55. The van der Waals surface area contributed by atoms with Crippen LogP contribution in [0, 0.1) is 0 Å². The number of nitrogens with zero attached hydrogens (tertiary/aromatic N) is 2. The number of rotatable bonds is 13. The molecule has 1 aliphatic carbocycles. The zero-order valence-corrected chi connectivity index (χ0v) is 30.1. The summed E-state index contributed by atoms with van der Waals surface area (Å²) in [7, 11) is -2.82. The average molecular weight is 743 g/mol. The van der Waals surface area contributed by atoms with Gasteiger partial charge in [0, 0.05) is 39.6 Å². The molecule has 0 heterocycles. The lowest BCUT2D eigenvalue weighted by Gasteiger charge is -2.35. The lowest BCUT2D eigenvalue weighted by atomic mass is 9.94. The molecule has 49 heavy (non-hydrogen) atoms. The topological polar surface area (TPSA) is 96.0 Å². The first-order valence-electron chi connectivity index (χ1n) is 16.1. The zero-order chi connectivity index (χ0) is 35.0. The SMILES string of the molecule is COc1ccc(S(=O)(=O)N(CC(=O)N(Cc2c(Cl)cccc2Cl)[C@@H](Cc2ccccc2)C(=O)NC2CCCCC2)c2ccc(Cl)cc2)cc1. The first-order chi connectivity index (χ1) is 23.6. The second kappa shape index (κ2) is 16.8. The summed E-state index contributed by atoms with van der Waals surface area (Å²) in [6, 6.07) is 25.4. The number of nitrogens with one attached hydrogen (secondary N) is 1. The highest BCUT2D eigenvalue weighted by Gasteiger charge is 2.36.